The molecule has 0 aromatic carbocycles. The number of likely N-dealkylation sites (tertiary alicyclic amines) is 1. The molecule has 0 aliphatic carbocycles. The second-order valence-corrected chi connectivity index (χ2v) is 5.10. The molecule has 1 spiro atoms. The summed E-state index contributed by atoms with van der Waals surface area (Å²) in [6, 6.07) is -0.374. The highest BCUT2D eigenvalue weighted by molar-refractivity contribution is 5.81. The van der Waals surface area contributed by atoms with Crippen molar-refractivity contribution in [2.45, 2.75) is 50.7 Å². The average Bonchev–Trinajstić information content (AvgIpc) is 2.30. The fraction of sp³-hybridized carbons (Fsp3) is 0.917. The van der Waals surface area contributed by atoms with Crippen LogP contribution in [-0.4, -0.2) is 42.1 Å². The van der Waals surface area contributed by atoms with Crippen molar-refractivity contribution in [3.05, 3.63) is 0 Å². The van der Waals surface area contributed by atoms with Crippen LogP contribution in [0.4, 0.5) is 0 Å². The number of carbonyl (C=O) groups is 1. The average molecular weight is 226 g/mol. The predicted octanol–water partition coefficient (Wildman–Crippen LogP) is 0.895. The second kappa shape index (κ2) is 4.72. The Morgan fingerprint density at radius 3 is 2.50 bits per heavy atom. The predicted molar refractivity (Wildman–Crippen MR) is 62.0 cm³/mol. The third kappa shape index (κ3) is 2.38. The van der Waals surface area contributed by atoms with Gasteiger partial charge in [-0.3, -0.25) is 4.79 Å². The van der Waals surface area contributed by atoms with Gasteiger partial charge in [0.25, 0.3) is 0 Å². The molecule has 0 saturated carbocycles. The molecule has 2 saturated heterocycles. The van der Waals surface area contributed by atoms with E-state index in [4.69, 9.17) is 10.5 Å². The lowest BCUT2D eigenvalue weighted by Gasteiger charge is -2.44. The van der Waals surface area contributed by atoms with Crippen molar-refractivity contribution < 1.29 is 9.53 Å². The number of carbonyl (C=O) groups excluding carboxylic acids is 1. The van der Waals surface area contributed by atoms with Crippen LogP contribution in [0.15, 0.2) is 0 Å². The topological polar surface area (TPSA) is 55.6 Å². The van der Waals surface area contributed by atoms with Crippen molar-refractivity contribution in [3.63, 3.8) is 0 Å². The normalized spacial score (nSPS) is 26.8. The molecule has 2 N–H and O–H groups in total. The first-order valence-corrected chi connectivity index (χ1v) is 6.31. The van der Waals surface area contributed by atoms with Gasteiger partial charge in [-0.2, -0.15) is 0 Å². The van der Waals surface area contributed by atoms with Crippen LogP contribution < -0.4 is 5.73 Å². The van der Waals surface area contributed by atoms with Crippen molar-refractivity contribution in [1.29, 1.82) is 0 Å². The summed E-state index contributed by atoms with van der Waals surface area (Å²) >= 11 is 0. The minimum absolute atomic E-state index is 0.0747. The summed E-state index contributed by atoms with van der Waals surface area (Å²) in [6.07, 6.45) is 5.57. The van der Waals surface area contributed by atoms with E-state index in [1.165, 1.54) is 12.8 Å². The molecule has 0 bridgehead atoms. The summed E-state index contributed by atoms with van der Waals surface area (Å²) in [6.45, 7) is 4.26. The molecule has 4 heteroatoms. The van der Waals surface area contributed by atoms with Crippen LogP contribution >= 0.6 is 0 Å². The quantitative estimate of drug-likeness (QED) is 0.722. The lowest BCUT2D eigenvalue weighted by Crippen LogP contribution is -2.52. The highest BCUT2D eigenvalue weighted by atomic mass is 16.5. The molecule has 2 rings (SSSR count). The Kier molecular flexibility index (Phi) is 3.50. The second-order valence-electron chi connectivity index (χ2n) is 5.10. The number of nitrogens with two attached hydrogens (primary N) is 1. The number of piperidine rings is 1. The van der Waals surface area contributed by atoms with Crippen LogP contribution in [0.1, 0.15) is 39.0 Å². The Balaban J connectivity index is 1.88. The summed E-state index contributed by atoms with van der Waals surface area (Å²) in [5, 5.41) is 0. The van der Waals surface area contributed by atoms with E-state index in [2.05, 4.69) is 0 Å². The Morgan fingerprint density at radius 1 is 1.31 bits per heavy atom. The minimum atomic E-state index is -0.374. The third-order valence-corrected chi connectivity index (χ3v) is 3.81. The number of rotatable bonds is 1. The number of hydrogen-bond acceptors (Lipinski definition) is 3. The van der Waals surface area contributed by atoms with Gasteiger partial charge in [0.1, 0.15) is 0 Å². The third-order valence-electron chi connectivity index (χ3n) is 3.81. The summed E-state index contributed by atoms with van der Waals surface area (Å²) < 4.78 is 5.93. The Bertz CT molecular complexity index is 250. The molecule has 0 radical (unpaired) electrons. The van der Waals surface area contributed by atoms with Gasteiger partial charge < -0.3 is 15.4 Å². The van der Waals surface area contributed by atoms with Gasteiger partial charge in [0, 0.05) is 19.7 Å². The van der Waals surface area contributed by atoms with Gasteiger partial charge in [0.05, 0.1) is 11.6 Å². The molecule has 2 fully saturated rings. The lowest BCUT2D eigenvalue weighted by atomic mass is 9.84. The van der Waals surface area contributed by atoms with Crippen molar-refractivity contribution in [2.75, 3.05) is 19.7 Å². The van der Waals surface area contributed by atoms with E-state index in [1.807, 2.05) is 4.90 Å². The van der Waals surface area contributed by atoms with Crippen molar-refractivity contribution in [2.24, 2.45) is 5.73 Å². The zero-order chi connectivity index (χ0) is 11.6. The minimum Gasteiger partial charge on any atom is -0.375 e. The van der Waals surface area contributed by atoms with Gasteiger partial charge >= 0.3 is 0 Å². The maximum atomic E-state index is 11.7. The van der Waals surface area contributed by atoms with Gasteiger partial charge in [-0.1, -0.05) is 0 Å². The Labute approximate surface area is 97.1 Å². The highest BCUT2D eigenvalue weighted by Crippen LogP contribution is 2.34. The molecule has 4 nitrogen and oxygen atoms in total. The van der Waals surface area contributed by atoms with Gasteiger partial charge in [-0.05, 0) is 39.0 Å². The molecule has 1 amide bonds. The first-order valence-electron chi connectivity index (χ1n) is 6.31. The number of amides is 1. The summed E-state index contributed by atoms with van der Waals surface area (Å²) in [5.74, 6) is 0.0747. The summed E-state index contributed by atoms with van der Waals surface area (Å²) in [7, 11) is 0. The van der Waals surface area contributed by atoms with Crippen LogP contribution in [0, 0.1) is 0 Å². The molecule has 2 aliphatic rings. The first kappa shape index (κ1) is 11.9. The zero-order valence-corrected chi connectivity index (χ0v) is 10.1. The van der Waals surface area contributed by atoms with Crippen molar-refractivity contribution >= 4 is 5.91 Å². The molecule has 0 aromatic heterocycles. The van der Waals surface area contributed by atoms with Crippen LogP contribution in [0.25, 0.3) is 0 Å². The van der Waals surface area contributed by atoms with Gasteiger partial charge in [-0.15, -0.1) is 0 Å². The van der Waals surface area contributed by atoms with E-state index in [0.717, 1.165) is 39.0 Å². The van der Waals surface area contributed by atoms with Crippen molar-refractivity contribution in [3.8, 4) is 0 Å². The van der Waals surface area contributed by atoms with E-state index in [0.29, 0.717) is 0 Å². The maximum absolute atomic E-state index is 11.7. The highest BCUT2D eigenvalue weighted by Gasteiger charge is 2.38. The number of nitrogens with zero attached hydrogens (tertiary/aromatic N) is 1. The zero-order valence-electron chi connectivity index (χ0n) is 10.1. The molecule has 1 atom stereocenters. The van der Waals surface area contributed by atoms with Gasteiger partial charge in [0.15, 0.2) is 0 Å². The number of ether oxygens (including phenoxy) is 1. The van der Waals surface area contributed by atoms with Crippen LogP contribution in [-0.2, 0) is 9.53 Å². The molecule has 92 valence electrons. The molecule has 2 heterocycles. The molecular weight excluding hydrogens is 204 g/mol. The largest absolute Gasteiger partial charge is 0.375 e. The van der Waals surface area contributed by atoms with E-state index in [1.54, 1.807) is 6.92 Å². The van der Waals surface area contributed by atoms with Gasteiger partial charge in [-0.25, -0.2) is 0 Å². The van der Waals surface area contributed by atoms with Gasteiger partial charge in [0.2, 0.25) is 5.91 Å². The monoisotopic (exact) mass is 226 g/mol. The SMILES string of the molecule is C[C@@H](N)C(=O)N1CCC2(CCCCO2)CC1. The fourth-order valence-electron chi connectivity index (χ4n) is 2.73. The molecule has 0 unspecified atom stereocenters. The lowest BCUT2D eigenvalue weighted by molar-refractivity contribution is -0.143. The van der Waals surface area contributed by atoms with Crippen molar-refractivity contribution in [1.82, 2.24) is 4.90 Å². The molecule has 16 heavy (non-hydrogen) atoms. The maximum Gasteiger partial charge on any atom is 0.239 e. The standard InChI is InChI=1S/C12H22N2O2/c1-10(13)11(15)14-7-5-12(6-8-14)4-2-3-9-16-12/h10H,2-9,13H2,1H3/t10-/m1/s1. The molecule has 0 aromatic rings. The molecular formula is C12H22N2O2. The van der Waals surface area contributed by atoms with E-state index in [-0.39, 0.29) is 17.6 Å². The van der Waals surface area contributed by atoms with Crippen LogP contribution in [0.3, 0.4) is 0 Å². The van der Waals surface area contributed by atoms with Crippen LogP contribution in [0.5, 0.6) is 0 Å². The smallest absolute Gasteiger partial charge is 0.239 e. The summed E-state index contributed by atoms with van der Waals surface area (Å²) in [5.41, 5.74) is 5.69. The van der Waals surface area contributed by atoms with E-state index in [9.17, 15) is 4.79 Å². The Hall–Kier alpha value is -0.610. The Morgan fingerprint density at radius 2 is 2.00 bits per heavy atom. The van der Waals surface area contributed by atoms with Crippen LogP contribution in [0.2, 0.25) is 0 Å². The van der Waals surface area contributed by atoms with E-state index < -0.39 is 0 Å². The fourth-order valence-corrected chi connectivity index (χ4v) is 2.73. The van der Waals surface area contributed by atoms with E-state index >= 15 is 0 Å². The first-order chi connectivity index (χ1) is 7.63. The summed E-state index contributed by atoms with van der Waals surface area (Å²) in [4.78, 5) is 13.6. The number of hydrogen-bond donors (Lipinski definition) is 1. The molecule has 2 aliphatic heterocycles.